The van der Waals surface area contributed by atoms with Crippen LogP contribution in [-0.2, 0) is 11.3 Å². The molecule has 118 valence electrons. The van der Waals surface area contributed by atoms with E-state index in [4.69, 9.17) is 9.47 Å². The number of ether oxygens (including phenoxy) is 2. The van der Waals surface area contributed by atoms with Gasteiger partial charge in [-0.1, -0.05) is 30.3 Å². The second-order valence-corrected chi connectivity index (χ2v) is 5.26. The normalized spacial score (nSPS) is 10.7. The van der Waals surface area contributed by atoms with Crippen molar-refractivity contribution < 1.29 is 14.3 Å². The van der Waals surface area contributed by atoms with Gasteiger partial charge in [-0.25, -0.2) is 4.79 Å². The maximum absolute atomic E-state index is 12.0. The molecule has 3 rings (SSSR count). The number of carbonyl (C=O) groups excluding carboxylic acids is 1. The minimum Gasteiger partial charge on any atom is -0.494 e. The van der Waals surface area contributed by atoms with E-state index in [0.717, 1.165) is 16.7 Å². The number of hydrogen-bond acceptors (Lipinski definition) is 3. The van der Waals surface area contributed by atoms with E-state index in [0.29, 0.717) is 18.7 Å². The monoisotopic (exact) mass is 309 g/mol. The van der Waals surface area contributed by atoms with Crippen LogP contribution in [0.15, 0.2) is 54.7 Å². The molecule has 3 aromatic rings. The molecule has 0 radical (unpaired) electrons. The standard InChI is InChI=1S/C19H19NO3/c1-3-23-15-9-10-16-17(19(21)22-2)13-20(18(16)11-15)12-14-7-5-4-6-8-14/h4-11,13H,3,12H2,1-2H3. The molecule has 0 aliphatic carbocycles. The van der Waals surface area contributed by atoms with E-state index in [9.17, 15) is 4.79 Å². The topological polar surface area (TPSA) is 40.5 Å². The molecule has 0 N–H and O–H groups in total. The third-order valence-corrected chi connectivity index (χ3v) is 3.77. The molecule has 23 heavy (non-hydrogen) atoms. The van der Waals surface area contributed by atoms with Crippen molar-refractivity contribution in [2.45, 2.75) is 13.5 Å². The first-order chi connectivity index (χ1) is 11.2. The molecule has 2 aromatic carbocycles. The Balaban J connectivity index is 2.10. The van der Waals surface area contributed by atoms with Gasteiger partial charge < -0.3 is 14.0 Å². The van der Waals surface area contributed by atoms with E-state index in [1.807, 2.05) is 49.5 Å². The summed E-state index contributed by atoms with van der Waals surface area (Å²) in [5.74, 6) is 0.467. The molecule has 0 amide bonds. The maximum atomic E-state index is 12.0. The van der Waals surface area contributed by atoms with Crippen molar-refractivity contribution in [1.82, 2.24) is 4.57 Å². The first-order valence-electron chi connectivity index (χ1n) is 7.61. The maximum Gasteiger partial charge on any atom is 0.340 e. The van der Waals surface area contributed by atoms with Crippen LogP contribution in [0.2, 0.25) is 0 Å². The molecular weight excluding hydrogens is 290 g/mol. The van der Waals surface area contributed by atoms with Crippen molar-refractivity contribution in [3.05, 3.63) is 65.9 Å². The molecule has 0 spiro atoms. The summed E-state index contributed by atoms with van der Waals surface area (Å²) in [7, 11) is 1.40. The Morgan fingerprint density at radius 1 is 1.13 bits per heavy atom. The summed E-state index contributed by atoms with van der Waals surface area (Å²) in [5.41, 5.74) is 2.70. The SMILES string of the molecule is CCOc1ccc2c(C(=O)OC)cn(Cc3ccccc3)c2c1. The van der Waals surface area contributed by atoms with E-state index in [1.165, 1.54) is 12.7 Å². The summed E-state index contributed by atoms with van der Waals surface area (Å²) in [4.78, 5) is 12.0. The molecule has 0 fully saturated rings. The fraction of sp³-hybridized carbons (Fsp3) is 0.211. The van der Waals surface area contributed by atoms with Crippen molar-refractivity contribution in [2.75, 3.05) is 13.7 Å². The number of carbonyl (C=O) groups is 1. The van der Waals surface area contributed by atoms with Crippen molar-refractivity contribution in [2.24, 2.45) is 0 Å². The molecule has 0 saturated carbocycles. The highest BCUT2D eigenvalue weighted by Crippen LogP contribution is 2.27. The van der Waals surface area contributed by atoms with Crippen LogP contribution in [0.4, 0.5) is 0 Å². The van der Waals surface area contributed by atoms with E-state index < -0.39 is 0 Å². The van der Waals surface area contributed by atoms with Crippen molar-refractivity contribution >= 4 is 16.9 Å². The molecule has 4 heteroatoms. The van der Waals surface area contributed by atoms with Gasteiger partial charge in [0.05, 0.1) is 24.8 Å². The van der Waals surface area contributed by atoms with Crippen LogP contribution in [0.1, 0.15) is 22.8 Å². The number of aromatic nitrogens is 1. The van der Waals surface area contributed by atoms with Gasteiger partial charge in [-0.2, -0.15) is 0 Å². The largest absolute Gasteiger partial charge is 0.494 e. The third-order valence-electron chi connectivity index (χ3n) is 3.77. The Morgan fingerprint density at radius 3 is 2.61 bits per heavy atom. The molecule has 0 aliphatic heterocycles. The van der Waals surface area contributed by atoms with Crippen LogP contribution in [-0.4, -0.2) is 24.3 Å². The fourth-order valence-electron chi connectivity index (χ4n) is 2.71. The van der Waals surface area contributed by atoms with Crippen molar-refractivity contribution in [1.29, 1.82) is 0 Å². The number of benzene rings is 2. The quantitative estimate of drug-likeness (QED) is 0.672. The number of rotatable bonds is 5. The van der Waals surface area contributed by atoms with Gasteiger partial charge in [-0.15, -0.1) is 0 Å². The van der Waals surface area contributed by atoms with Gasteiger partial charge in [0.1, 0.15) is 5.75 Å². The molecule has 0 saturated heterocycles. The zero-order valence-electron chi connectivity index (χ0n) is 13.3. The van der Waals surface area contributed by atoms with Crippen LogP contribution in [0, 0.1) is 0 Å². The lowest BCUT2D eigenvalue weighted by Gasteiger charge is -2.07. The average Bonchev–Trinajstić information content (AvgIpc) is 2.93. The molecule has 0 unspecified atom stereocenters. The summed E-state index contributed by atoms with van der Waals surface area (Å²) >= 11 is 0. The number of methoxy groups -OCH3 is 1. The first kappa shape index (κ1) is 15.2. The Morgan fingerprint density at radius 2 is 1.91 bits per heavy atom. The van der Waals surface area contributed by atoms with Crippen LogP contribution >= 0.6 is 0 Å². The summed E-state index contributed by atoms with van der Waals surface area (Å²) < 4.78 is 12.5. The van der Waals surface area contributed by atoms with Crippen LogP contribution < -0.4 is 4.74 Å². The summed E-state index contributed by atoms with van der Waals surface area (Å²) in [6, 6.07) is 15.9. The Kier molecular flexibility index (Phi) is 4.33. The van der Waals surface area contributed by atoms with Gasteiger partial charge in [-0.05, 0) is 24.6 Å². The predicted octanol–water partition coefficient (Wildman–Crippen LogP) is 3.87. The minimum atomic E-state index is -0.328. The summed E-state index contributed by atoms with van der Waals surface area (Å²) in [6.45, 7) is 3.24. The van der Waals surface area contributed by atoms with Gasteiger partial charge in [0.15, 0.2) is 0 Å². The lowest BCUT2D eigenvalue weighted by molar-refractivity contribution is 0.0602. The highest BCUT2D eigenvalue weighted by Gasteiger charge is 2.16. The van der Waals surface area contributed by atoms with Gasteiger partial charge >= 0.3 is 5.97 Å². The van der Waals surface area contributed by atoms with Crippen LogP contribution in [0.5, 0.6) is 5.75 Å². The third kappa shape index (κ3) is 3.06. The summed E-state index contributed by atoms with van der Waals surface area (Å²) in [6.07, 6.45) is 1.85. The van der Waals surface area contributed by atoms with Crippen LogP contribution in [0.25, 0.3) is 10.9 Å². The summed E-state index contributed by atoms with van der Waals surface area (Å²) in [5, 5.41) is 0.872. The molecule has 0 atom stereocenters. The zero-order chi connectivity index (χ0) is 16.2. The second kappa shape index (κ2) is 6.57. The molecule has 0 bridgehead atoms. The van der Waals surface area contributed by atoms with Gasteiger partial charge in [0.2, 0.25) is 0 Å². The molecular formula is C19H19NO3. The molecule has 0 aliphatic rings. The van der Waals surface area contributed by atoms with Crippen molar-refractivity contribution in [3.8, 4) is 5.75 Å². The number of esters is 1. The Bertz CT molecular complexity index is 821. The minimum absolute atomic E-state index is 0.328. The van der Waals surface area contributed by atoms with E-state index in [1.54, 1.807) is 0 Å². The van der Waals surface area contributed by atoms with Crippen molar-refractivity contribution in [3.63, 3.8) is 0 Å². The van der Waals surface area contributed by atoms with Crippen LogP contribution in [0.3, 0.4) is 0 Å². The molecule has 1 heterocycles. The number of hydrogen-bond donors (Lipinski definition) is 0. The number of fused-ring (bicyclic) bond motifs is 1. The second-order valence-electron chi connectivity index (χ2n) is 5.26. The lowest BCUT2D eigenvalue weighted by Crippen LogP contribution is -2.01. The zero-order valence-corrected chi connectivity index (χ0v) is 13.3. The van der Waals surface area contributed by atoms with Gasteiger partial charge in [-0.3, -0.25) is 0 Å². The Labute approximate surface area is 135 Å². The van der Waals surface area contributed by atoms with Gasteiger partial charge in [0.25, 0.3) is 0 Å². The predicted molar refractivity (Wildman–Crippen MR) is 90.0 cm³/mol. The van der Waals surface area contributed by atoms with E-state index >= 15 is 0 Å². The van der Waals surface area contributed by atoms with E-state index in [-0.39, 0.29) is 5.97 Å². The lowest BCUT2D eigenvalue weighted by atomic mass is 10.1. The smallest absolute Gasteiger partial charge is 0.340 e. The van der Waals surface area contributed by atoms with E-state index in [2.05, 4.69) is 16.7 Å². The Hall–Kier alpha value is -2.75. The molecule has 4 nitrogen and oxygen atoms in total. The molecule has 1 aromatic heterocycles. The highest BCUT2D eigenvalue weighted by molar-refractivity contribution is 6.04. The first-order valence-corrected chi connectivity index (χ1v) is 7.61. The number of nitrogens with zero attached hydrogens (tertiary/aromatic N) is 1. The van der Waals surface area contributed by atoms with Gasteiger partial charge in [0, 0.05) is 24.2 Å². The average molecular weight is 309 g/mol. The fourth-order valence-corrected chi connectivity index (χ4v) is 2.71. The highest BCUT2D eigenvalue weighted by atomic mass is 16.5.